The highest BCUT2D eigenvalue weighted by Crippen LogP contribution is 2.70. The van der Waals surface area contributed by atoms with Gasteiger partial charge in [-0.1, -0.05) is 27.7 Å². The first kappa shape index (κ1) is 14.0. The molecule has 0 aromatic carbocycles. The van der Waals surface area contributed by atoms with E-state index in [9.17, 15) is 4.79 Å². The van der Waals surface area contributed by atoms with E-state index >= 15 is 0 Å². The molecule has 2 heteroatoms. The Hall–Kier alpha value is -0.370. The van der Waals surface area contributed by atoms with Crippen LogP contribution in [-0.2, 0) is 4.79 Å². The maximum atomic E-state index is 12.1. The van der Waals surface area contributed by atoms with E-state index in [1.807, 2.05) is 6.92 Å². The molecular formula is C16H29NO. The molecule has 2 nitrogen and oxygen atoms in total. The van der Waals surface area contributed by atoms with Crippen LogP contribution in [0.15, 0.2) is 0 Å². The van der Waals surface area contributed by atoms with Crippen molar-refractivity contribution in [2.45, 2.75) is 78.8 Å². The van der Waals surface area contributed by atoms with Gasteiger partial charge >= 0.3 is 0 Å². The van der Waals surface area contributed by atoms with E-state index in [1.165, 1.54) is 13.0 Å². The predicted molar refractivity (Wildman–Crippen MR) is 75.6 cm³/mol. The van der Waals surface area contributed by atoms with Crippen LogP contribution in [-0.4, -0.2) is 28.3 Å². The fourth-order valence-electron chi connectivity index (χ4n) is 4.43. The van der Waals surface area contributed by atoms with Crippen molar-refractivity contribution in [3.8, 4) is 0 Å². The summed E-state index contributed by atoms with van der Waals surface area (Å²) < 4.78 is 0. The normalized spacial score (nSPS) is 35.9. The zero-order chi connectivity index (χ0) is 14.0. The number of hydrogen-bond donors (Lipinski definition) is 0. The van der Waals surface area contributed by atoms with Crippen LogP contribution >= 0.6 is 0 Å². The summed E-state index contributed by atoms with van der Waals surface area (Å²) in [5.74, 6) is 0.389. The van der Waals surface area contributed by atoms with Gasteiger partial charge in [-0.15, -0.1) is 0 Å². The van der Waals surface area contributed by atoms with E-state index in [-0.39, 0.29) is 11.0 Å². The Morgan fingerprint density at radius 3 is 2.11 bits per heavy atom. The Balaban J connectivity index is 2.07. The molecule has 1 heterocycles. The van der Waals surface area contributed by atoms with Crippen molar-refractivity contribution in [2.75, 3.05) is 6.54 Å². The first-order chi connectivity index (χ1) is 7.98. The van der Waals surface area contributed by atoms with Crippen LogP contribution in [0.1, 0.15) is 67.7 Å². The van der Waals surface area contributed by atoms with Crippen LogP contribution in [0, 0.1) is 10.8 Å². The van der Waals surface area contributed by atoms with Gasteiger partial charge in [0.25, 0.3) is 0 Å². The molecule has 0 amide bonds. The Kier molecular flexibility index (Phi) is 2.80. The summed E-state index contributed by atoms with van der Waals surface area (Å²) in [7, 11) is 0. The van der Waals surface area contributed by atoms with Gasteiger partial charge in [0.1, 0.15) is 5.78 Å². The number of rotatable bonds is 5. The van der Waals surface area contributed by atoms with Crippen LogP contribution in [0.5, 0.6) is 0 Å². The van der Waals surface area contributed by atoms with E-state index in [1.54, 1.807) is 0 Å². The molecule has 104 valence electrons. The van der Waals surface area contributed by atoms with E-state index in [0.717, 1.165) is 6.42 Å². The molecule has 1 saturated carbocycles. The second-order valence-corrected chi connectivity index (χ2v) is 8.25. The minimum atomic E-state index is -0.199. The largest absolute Gasteiger partial charge is 0.299 e. The van der Waals surface area contributed by atoms with Crippen LogP contribution < -0.4 is 0 Å². The molecule has 1 aliphatic heterocycles. The molecule has 0 bridgehead atoms. The molecule has 0 aromatic rings. The number of fused-ring (bicyclic) bond motifs is 1. The molecule has 18 heavy (non-hydrogen) atoms. The number of likely N-dealkylation sites (tertiary alicyclic amines) is 1. The Morgan fingerprint density at radius 2 is 1.78 bits per heavy atom. The number of hydrogen-bond acceptors (Lipinski definition) is 2. The molecule has 1 saturated heterocycles. The summed E-state index contributed by atoms with van der Waals surface area (Å²) >= 11 is 0. The monoisotopic (exact) mass is 251 g/mol. The minimum Gasteiger partial charge on any atom is -0.299 e. The summed E-state index contributed by atoms with van der Waals surface area (Å²) in [5.41, 5.74) is 0.888. The molecule has 0 radical (unpaired) electrons. The Morgan fingerprint density at radius 1 is 1.22 bits per heavy atom. The van der Waals surface area contributed by atoms with Crippen molar-refractivity contribution in [3.05, 3.63) is 0 Å². The average Bonchev–Trinajstić information content (AvgIpc) is 2.61. The molecular weight excluding hydrogens is 222 g/mol. The van der Waals surface area contributed by atoms with Gasteiger partial charge in [-0.25, -0.2) is 0 Å². The maximum Gasteiger partial charge on any atom is 0.138 e. The minimum absolute atomic E-state index is 0.124. The lowest BCUT2D eigenvalue weighted by Gasteiger charge is -2.55. The van der Waals surface area contributed by atoms with E-state index in [2.05, 4.69) is 46.4 Å². The van der Waals surface area contributed by atoms with Crippen molar-refractivity contribution in [1.82, 2.24) is 4.90 Å². The standard InChI is InChI=1S/C16H29NO/c1-8-12(18)13(2,3)9-14(4,5)17-11-15(6)10-16(15,17)7/h8-11H2,1-7H3. The molecule has 2 rings (SSSR count). The van der Waals surface area contributed by atoms with Crippen molar-refractivity contribution in [1.29, 1.82) is 0 Å². The van der Waals surface area contributed by atoms with Gasteiger partial charge in [0.2, 0.25) is 0 Å². The summed E-state index contributed by atoms with van der Waals surface area (Å²) in [6.07, 6.45) is 2.93. The van der Waals surface area contributed by atoms with Gasteiger partial charge in [-0.05, 0) is 33.6 Å². The second-order valence-electron chi connectivity index (χ2n) is 8.25. The summed E-state index contributed by atoms with van der Waals surface area (Å²) in [6.45, 7) is 16.8. The van der Waals surface area contributed by atoms with Crippen LogP contribution in [0.3, 0.4) is 0 Å². The molecule has 1 aliphatic carbocycles. The third-order valence-corrected chi connectivity index (χ3v) is 5.69. The van der Waals surface area contributed by atoms with Crippen LogP contribution in [0.25, 0.3) is 0 Å². The molecule has 2 unspecified atom stereocenters. The molecule has 0 aromatic heterocycles. The molecule has 2 fully saturated rings. The maximum absolute atomic E-state index is 12.1. The van der Waals surface area contributed by atoms with Crippen molar-refractivity contribution in [2.24, 2.45) is 10.8 Å². The van der Waals surface area contributed by atoms with Crippen LogP contribution in [0.4, 0.5) is 0 Å². The smallest absolute Gasteiger partial charge is 0.138 e. The van der Waals surface area contributed by atoms with Crippen LogP contribution in [0.2, 0.25) is 0 Å². The molecule has 0 spiro atoms. The highest BCUT2D eigenvalue weighted by Gasteiger charge is 2.75. The highest BCUT2D eigenvalue weighted by atomic mass is 16.1. The van der Waals surface area contributed by atoms with Crippen molar-refractivity contribution < 1.29 is 4.79 Å². The average molecular weight is 251 g/mol. The quantitative estimate of drug-likeness (QED) is 0.743. The van der Waals surface area contributed by atoms with E-state index in [0.29, 0.717) is 23.2 Å². The third kappa shape index (κ3) is 1.76. The van der Waals surface area contributed by atoms with Gasteiger partial charge in [0.05, 0.1) is 0 Å². The van der Waals surface area contributed by atoms with Crippen molar-refractivity contribution in [3.63, 3.8) is 0 Å². The highest BCUT2D eigenvalue weighted by molar-refractivity contribution is 5.83. The zero-order valence-electron chi connectivity index (χ0n) is 13.2. The third-order valence-electron chi connectivity index (χ3n) is 5.69. The lowest BCUT2D eigenvalue weighted by Crippen LogP contribution is -2.63. The number of carbonyl (C=O) groups excluding carboxylic acids is 1. The lowest BCUT2D eigenvalue weighted by molar-refractivity contribution is -0.131. The fourth-order valence-corrected chi connectivity index (χ4v) is 4.43. The van der Waals surface area contributed by atoms with Gasteiger partial charge in [-0.2, -0.15) is 0 Å². The summed E-state index contributed by atoms with van der Waals surface area (Å²) in [6, 6.07) is 0. The fraction of sp³-hybridized carbons (Fsp3) is 0.938. The first-order valence-electron chi connectivity index (χ1n) is 7.30. The van der Waals surface area contributed by atoms with Gasteiger partial charge < -0.3 is 0 Å². The van der Waals surface area contributed by atoms with Gasteiger partial charge in [0.15, 0.2) is 0 Å². The SMILES string of the molecule is CCC(=O)C(C)(C)CC(C)(C)N1CC2(C)CC12C. The molecule has 0 N–H and O–H groups in total. The summed E-state index contributed by atoms with van der Waals surface area (Å²) in [5, 5.41) is 0. The number of nitrogens with zero attached hydrogens (tertiary/aromatic N) is 1. The van der Waals surface area contributed by atoms with Crippen molar-refractivity contribution >= 4 is 5.78 Å². The van der Waals surface area contributed by atoms with Gasteiger partial charge in [-0.3, -0.25) is 9.69 Å². The predicted octanol–water partition coefficient (Wildman–Crippen LogP) is 3.64. The molecule has 2 aliphatic rings. The molecule has 2 atom stereocenters. The first-order valence-corrected chi connectivity index (χ1v) is 7.30. The lowest BCUT2D eigenvalue weighted by atomic mass is 9.73. The Bertz CT molecular complexity index is 385. The van der Waals surface area contributed by atoms with E-state index < -0.39 is 0 Å². The van der Waals surface area contributed by atoms with Gasteiger partial charge in [0, 0.05) is 34.9 Å². The second kappa shape index (κ2) is 3.59. The number of ketones is 1. The topological polar surface area (TPSA) is 20.3 Å². The number of Topliss-reactive ketones (excluding diaryl/α,β-unsaturated/α-hetero) is 1. The zero-order valence-corrected chi connectivity index (χ0v) is 13.2. The summed E-state index contributed by atoms with van der Waals surface area (Å²) in [4.78, 5) is 14.7. The van der Waals surface area contributed by atoms with E-state index in [4.69, 9.17) is 0 Å². The Labute approximate surface area is 112 Å². The number of carbonyl (C=O) groups is 1.